The maximum Gasteiger partial charge on any atom is 0.0738 e. The van der Waals surface area contributed by atoms with E-state index in [-0.39, 0.29) is 0 Å². The number of halogens is 1. The molecular weight excluding hydrogens is 346 g/mol. The van der Waals surface area contributed by atoms with Crippen molar-refractivity contribution < 1.29 is 4.74 Å². The highest BCUT2D eigenvalue weighted by molar-refractivity contribution is 6.30. The molecule has 0 aliphatic carbocycles. The van der Waals surface area contributed by atoms with E-state index in [1.54, 1.807) is 0 Å². The van der Waals surface area contributed by atoms with Gasteiger partial charge in [0.2, 0.25) is 0 Å². The van der Waals surface area contributed by atoms with Crippen LogP contribution in [0.3, 0.4) is 0 Å². The molecule has 0 spiro atoms. The van der Waals surface area contributed by atoms with Gasteiger partial charge in [-0.15, -0.1) is 0 Å². The number of aryl methyl sites for hydroxylation is 1. The summed E-state index contributed by atoms with van der Waals surface area (Å²) in [4.78, 5) is 2.61. The molecule has 4 nitrogen and oxygen atoms in total. The number of nitrogens with one attached hydrogen (secondary N) is 2. The fourth-order valence-electron chi connectivity index (χ4n) is 4.78. The fraction of sp³-hybridized carbons (Fsp3) is 0.429. The number of piperidine rings is 1. The Kier molecular flexibility index (Phi) is 4.07. The van der Waals surface area contributed by atoms with E-state index in [0.717, 1.165) is 48.2 Å². The van der Waals surface area contributed by atoms with Crippen LogP contribution in [0, 0.1) is 6.92 Å². The van der Waals surface area contributed by atoms with Crippen molar-refractivity contribution in [2.45, 2.75) is 31.9 Å². The third-order valence-corrected chi connectivity index (χ3v) is 6.19. The van der Waals surface area contributed by atoms with Gasteiger partial charge < -0.3 is 20.3 Å². The predicted molar refractivity (Wildman–Crippen MR) is 107 cm³/mol. The second kappa shape index (κ2) is 6.45. The van der Waals surface area contributed by atoms with Gasteiger partial charge in [0, 0.05) is 52.7 Å². The van der Waals surface area contributed by atoms with Crippen LogP contribution in [0.1, 0.15) is 29.0 Å². The lowest BCUT2D eigenvalue weighted by atomic mass is 9.89. The molecule has 0 saturated carbocycles. The van der Waals surface area contributed by atoms with Crippen molar-refractivity contribution in [1.82, 2.24) is 5.32 Å². The first kappa shape index (κ1) is 16.4. The summed E-state index contributed by atoms with van der Waals surface area (Å²) in [6, 6.07) is 11.2. The van der Waals surface area contributed by atoms with Gasteiger partial charge in [0.25, 0.3) is 0 Å². The Morgan fingerprint density at radius 1 is 1.27 bits per heavy atom. The van der Waals surface area contributed by atoms with Gasteiger partial charge in [-0.05, 0) is 61.3 Å². The van der Waals surface area contributed by atoms with Gasteiger partial charge in [-0.1, -0.05) is 11.6 Å². The van der Waals surface area contributed by atoms with Crippen LogP contribution in [0.25, 0.3) is 0 Å². The van der Waals surface area contributed by atoms with Gasteiger partial charge in [0.15, 0.2) is 0 Å². The number of rotatable bonds is 2. The lowest BCUT2D eigenvalue weighted by molar-refractivity contribution is 0.130. The average Bonchev–Trinajstić information content (AvgIpc) is 2.80. The standard InChI is InChI=1S/C21H24ClN3O/c1-13-8-15(22)2-3-19(13)24-16-9-14-12-26-7-6-25-20-4-5-23-11-18(20)17(10-16)21(14)25/h2-3,8-10,18,20,23-24H,4-7,11-12H2,1H3/t18-,20-/m0/s1. The first-order valence-corrected chi connectivity index (χ1v) is 9.83. The van der Waals surface area contributed by atoms with Crippen molar-refractivity contribution in [3.63, 3.8) is 0 Å². The van der Waals surface area contributed by atoms with E-state index in [0.29, 0.717) is 18.6 Å². The fourth-order valence-corrected chi connectivity index (χ4v) is 5.01. The zero-order valence-electron chi connectivity index (χ0n) is 15.0. The second-order valence-electron chi connectivity index (χ2n) is 7.57. The van der Waals surface area contributed by atoms with Crippen LogP contribution >= 0.6 is 11.6 Å². The van der Waals surface area contributed by atoms with Crippen LogP contribution in [-0.4, -0.2) is 32.3 Å². The molecule has 5 heteroatoms. The molecule has 0 aromatic heterocycles. The van der Waals surface area contributed by atoms with Crippen molar-refractivity contribution in [2.24, 2.45) is 0 Å². The Balaban J connectivity index is 1.57. The zero-order valence-corrected chi connectivity index (χ0v) is 15.8. The van der Waals surface area contributed by atoms with Crippen LogP contribution in [0.4, 0.5) is 17.1 Å². The normalized spacial score (nSPS) is 24.0. The molecule has 2 aromatic rings. The summed E-state index contributed by atoms with van der Waals surface area (Å²) in [7, 11) is 0. The number of anilines is 3. The molecule has 26 heavy (non-hydrogen) atoms. The lowest BCUT2D eigenvalue weighted by Gasteiger charge is -2.33. The number of fused-ring (bicyclic) bond motifs is 3. The molecule has 0 amide bonds. The minimum atomic E-state index is 0.573. The van der Waals surface area contributed by atoms with Crippen LogP contribution in [0.2, 0.25) is 5.02 Å². The third kappa shape index (κ3) is 2.68. The number of hydrogen-bond acceptors (Lipinski definition) is 4. The molecule has 2 atom stereocenters. The maximum atomic E-state index is 6.11. The molecule has 0 radical (unpaired) electrons. The third-order valence-electron chi connectivity index (χ3n) is 5.95. The van der Waals surface area contributed by atoms with E-state index in [1.807, 2.05) is 12.1 Å². The molecule has 2 N–H and O–H groups in total. The lowest BCUT2D eigenvalue weighted by Crippen LogP contribution is -2.44. The van der Waals surface area contributed by atoms with Crippen LogP contribution in [0.15, 0.2) is 30.3 Å². The molecular formula is C21H24ClN3O. The van der Waals surface area contributed by atoms with E-state index >= 15 is 0 Å². The SMILES string of the molecule is Cc1cc(Cl)ccc1Nc1cc2c3c(c1)[C@@H]1CNCC[C@@H]1N3CCOC2. The summed E-state index contributed by atoms with van der Waals surface area (Å²) in [6.45, 7) is 6.77. The van der Waals surface area contributed by atoms with Gasteiger partial charge in [-0.2, -0.15) is 0 Å². The van der Waals surface area contributed by atoms with Crippen molar-refractivity contribution in [2.75, 3.05) is 36.5 Å². The van der Waals surface area contributed by atoms with E-state index < -0.39 is 0 Å². The molecule has 3 aliphatic rings. The zero-order chi connectivity index (χ0) is 17.7. The Morgan fingerprint density at radius 2 is 2.19 bits per heavy atom. The summed E-state index contributed by atoms with van der Waals surface area (Å²) in [5, 5.41) is 7.97. The molecule has 3 aliphatic heterocycles. The summed E-state index contributed by atoms with van der Waals surface area (Å²) in [5.41, 5.74) is 7.60. The first-order chi connectivity index (χ1) is 12.7. The van der Waals surface area contributed by atoms with E-state index in [2.05, 4.69) is 40.7 Å². The molecule has 3 heterocycles. The van der Waals surface area contributed by atoms with Gasteiger partial charge in [-0.3, -0.25) is 0 Å². The van der Waals surface area contributed by atoms with Crippen LogP contribution in [0.5, 0.6) is 0 Å². The first-order valence-electron chi connectivity index (χ1n) is 9.46. The largest absolute Gasteiger partial charge is 0.375 e. The minimum Gasteiger partial charge on any atom is -0.375 e. The van der Waals surface area contributed by atoms with Crippen molar-refractivity contribution >= 4 is 28.7 Å². The molecule has 136 valence electrons. The number of ether oxygens (including phenoxy) is 1. The average molecular weight is 370 g/mol. The van der Waals surface area contributed by atoms with E-state index in [4.69, 9.17) is 16.3 Å². The Labute approximate surface area is 159 Å². The number of hydrogen-bond donors (Lipinski definition) is 2. The van der Waals surface area contributed by atoms with E-state index in [9.17, 15) is 0 Å². The van der Waals surface area contributed by atoms with Gasteiger partial charge in [0.1, 0.15) is 0 Å². The molecule has 2 aromatic carbocycles. The van der Waals surface area contributed by atoms with Crippen LogP contribution in [-0.2, 0) is 11.3 Å². The van der Waals surface area contributed by atoms with Crippen molar-refractivity contribution in [1.29, 1.82) is 0 Å². The van der Waals surface area contributed by atoms with E-state index in [1.165, 1.54) is 23.2 Å². The highest BCUT2D eigenvalue weighted by atomic mass is 35.5. The summed E-state index contributed by atoms with van der Waals surface area (Å²) in [6.07, 6.45) is 1.21. The number of nitrogens with zero attached hydrogens (tertiary/aromatic N) is 1. The molecule has 5 rings (SSSR count). The second-order valence-corrected chi connectivity index (χ2v) is 8.01. The van der Waals surface area contributed by atoms with Crippen LogP contribution < -0.4 is 15.5 Å². The monoisotopic (exact) mass is 369 g/mol. The quantitative estimate of drug-likeness (QED) is 0.832. The topological polar surface area (TPSA) is 36.5 Å². The van der Waals surface area contributed by atoms with Crippen molar-refractivity contribution in [3.8, 4) is 0 Å². The highest BCUT2D eigenvalue weighted by Crippen LogP contribution is 2.47. The van der Waals surface area contributed by atoms with Gasteiger partial charge in [-0.25, -0.2) is 0 Å². The molecule has 1 saturated heterocycles. The Bertz CT molecular complexity index is 853. The number of benzene rings is 2. The Hall–Kier alpha value is -1.75. The van der Waals surface area contributed by atoms with Gasteiger partial charge in [0.05, 0.1) is 13.2 Å². The molecule has 0 bridgehead atoms. The molecule has 0 unspecified atom stereocenters. The Morgan fingerprint density at radius 3 is 3.08 bits per heavy atom. The predicted octanol–water partition coefficient (Wildman–Crippen LogP) is 4.19. The summed E-state index contributed by atoms with van der Waals surface area (Å²) < 4.78 is 5.90. The maximum absolute atomic E-state index is 6.11. The highest BCUT2D eigenvalue weighted by Gasteiger charge is 2.41. The summed E-state index contributed by atoms with van der Waals surface area (Å²) >= 11 is 6.11. The van der Waals surface area contributed by atoms with Crippen molar-refractivity contribution in [3.05, 3.63) is 52.0 Å². The summed E-state index contributed by atoms with van der Waals surface area (Å²) in [5.74, 6) is 0.573. The molecule has 1 fully saturated rings. The van der Waals surface area contributed by atoms with Gasteiger partial charge >= 0.3 is 0 Å². The minimum absolute atomic E-state index is 0.573. The smallest absolute Gasteiger partial charge is 0.0738 e.